The second kappa shape index (κ2) is 14.7. The molecule has 1 saturated carbocycles. The fraction of sp³-hybridized carbons (Fsp3) is 0.692. The SMILES string of the molecule is CNC[C@H](CC1C[C@@H](F)[C@@H](F)C1)NC(=O)N1CCC[C@@H](C(OCCNC(=O)OC)c2cccc(Cl)c2)C1. The van der Waals surface area contributed by atoms with Crippen LogP contribution in [0, 0.1) is 11.8 Å². The Balaban J connectivity index is 1.62. The number of nitrogens with one attached hydrogen (secondary N) is 3. The largest absolute Gasteiger partial charge is 0.453 e. The monoisotopic (exact) mass is 544 g/mol. The van der Waals surface area contributed by atoms with Gasteiger partial charge in [0.25, 0.3) is 0 Å². The molecule has 208 valence electrons. The van der Waals surface area contributed by atoms with Crippen LogP contribution in [0.4, 0.5) is 18.4 Å². The number of benzene rings is 1. The van der Waals surface area contributed by atoms with Crippen LogP contribution in [-0.2, 0) is 9.47 Å². The number of piperidine rings is 1. The number of carbonyl (C=O) groups is 2. The van der Waals surface area contributed by atoms with E-state index in [0.717, 1.165) is 18.4 Å². The first-order chi connectivity index (χ1) is 17.8. The Kier molecular flexibility index (Phi) is 11.7. The van der Waals surface area contributed by atoms with E-state index in [9.17, 15) is 18.4 Å². The number of alkyl carbamates (subject to hydrolysis) is 1. The molecule has 1 aromatic carbocycles. The van der Waals surface area contributed by atoms with Crippen molar-refractivity contribution in [2.45, 2.75) is 56.6 Å². The standard InChI is InChI=1S/C26H39ClF2N4O4/c1-30-15-21(11-17-12-22(28)23(29)13-17)32-25(34)33-9-4-6-19(16-33)24(18-5-3-7-20(27)14-18)37-10-8-31-26(35)36-2/h3,5,7,14,17,19,21-24,30H,4,6,8-13,15-16H2,1-2H3,(H,31,35)(H,32,34)/t17?,19-,21+,22-,23+,24?/m1/s1. The molecule has 1 aromatic rings. The molecule has 2 unspecified atom stereocenters. The predicted molar refractivity (Wildman–Crippen MR) is 138 cm³/mol. The number of hydrogen-bond acceptors (Lipinski definition) is 5. The highest BCUT2D eigenvalue weighted by Gasteiger charge is 2.36. The van der Waals surface area contributed by atoms with Crippen LogP contribution >= 0.6 is 11.6 Å². The van der Waals surface area contributed by atoms with Gasteiger partial charge in [-0.2, -0.15) is 0 Å². The average Bonchev–Trinajstić information content (AvgIpc) is 3.20. The number of ether oxygens (including phenoxy) is 2. The quantitative estimate of drug-likeness (QED) is 0.362. The van der Waals surface area contributed by atoms with Gasteiger partial charge in [0, 0.05) is 43.2 Å². The molecular formula is C26H39ClF2N4O4. The van der Waals surface area contributed by atoms with Crippen LogP contribution in [0.1, 0.15) is 43.8 Å². The minimum absolute atomic E-state index is 0.0215. The van der Waals surface area contributed by atoms with E-state index in [2.05, 4.69) is 20.7 Å². The van der Waals surface area contributed by atoms with Crippen LogP contribution in [0.15, 0.2) is 24.3 Å². The maximum atomic E-state index is 13.7. The maximum absolute atomic E-state index is 13.7. The van der Waals surface area contributed by atoms with E-state index in [4.69, 9.17) is 16.3 Å². The van der Waals surface area contributed by atoms with Crippen molar-refractivity contribution in [2.75, 3.05) is 46.9 Å². The van der Waals surface area contributed by atoms with Gasteiger partial charge in [-0.25, -0.2) is 18.4 Å². The molecule has 37 heavy (non-hydrogen) atoms. The van der Waals surface area contributed by atoms with E-state index in [1.54, 1.807) is 18.0 Å². The molecule has 2 fully saturated rings. The Bertz CT molecular complexity index is 873. The van der Waals surface area contributed by atoms with Gasteiger partial charge in [-0.05, 0) is 62.8 Å². The smallest absolute Gasteiger partial charge is 0.406 e. The number of methoxy groups -OCH3 is 1. The van der Waals surface area contributed by atoms with E-state index < -0.39 is 18.4 Å². The first-order valence-corrected chi connectivity index (χ1v) is 13.4. The number of urea groups is 1. The summed E-state index contributed by atoms with van der Waals surface area (Å²) in [7, 11) is 3.10. The number of alkyl halides is 2. The second-order valence-corrected chi connectivity index (χ2v) is 10.4. The minimum Gasteiger partial charge on any atom is -0.453 e. The van der Waals surface area contributed by atoms with Crippen LogP contribution in [-0.4, -0.2) is 82.4 Å². The normalized spacial score (nSPS) is 25.4. The summed E-state index contributed by atoms with van der Waals surface area (Å²) in [5.41, 5.74) is 0.911. The Labute approximate surface area is 222 Å². The van der Waals surface area contributed by atoms with Gasteiger partial charge >= 0.3 is 12.1 Å². The summed E-state index contributed by atoms with van der Waals surface area (Å²) in [6, 6.07) is 7.07. The number of rotatable bonds is 11. The topological polar surface area (TPSA) is 91.9 Å². The molecule has 3 amide bonds. The van der Waals surface area contributed by atoms with Crippen LogP contribution in [0.3, 0.4) is 0 Å². The molecule has 8 nitrogen and oxygen atoms in total. The van der Waals surface area contributed by atoms with Gasteiger partial charge in [0.2, 0.25) is 0 Å². The van der Waals surface area contributed by atoms with Crippen LogP contribution < -0.4 is 16.0 Å². The molecule has 11 heteroatoms. The lowest BCUT2D eigenvalue weighted by atomic mass is 9.88. The molecule has 0 radical (unpaired) electrons. The lowest BCUT2D eigenvalue weighted by Gasteiger charge is -2.38. The van der Waals surface area contributed by atoms with Crippen LogP contribution in [0.2, 0.25) is 5.02 Å². The first kappa shape index (κ1) is 29.4. The Morgan fingerprint density at radius 3 is 2.68 bits per heavy atom. The summed E-state index contributed by atoms with van der Waals surface area (Å²) >= 11 is 6.25. The maximum Gasteiger partial charge on any atom is 0.406 e. The summed E-state index contributed by atoms with van der Waals surface area (Å²) in [5, 5.41) is 9.36. The number of nitrogens with zero attached hydrogens (tertiary/aromatic N) is 1. The van der Waals surface area contributed by atoms with E-state index in [0.29, 0.717) is 31.1 Å². The molecule has 1 heterocycles. The number of carbonyl (C=O) groups excluding carboxylic acids is 2. The third-order valence-electron chi connectivity index (χ3n) is 7.11. The van der Waals surface area contributed by atoms with Gasteiger partial charge in [0.1, 0.15) is 12.3 Å². The molecule has 1 aliphatic carbocycles. The molecule has 0 bridgehead atoms. The van der Waals surface area contributed by atoms with E-state index >= 15 is 0 Å². The molecule has 3 rings (SSSR count). The lowest BCUT2D eigenvalue weighted by Crippen LogP contribution is -2.51. The van der Waals surface area contributed by atoms with Gasteiger partial charge in [0.15, 0.2) is 0 Å². The number of halogens is 3. The molecule has 2 aliphatic rings. The number of amides is 3. The van der Waals surface area contributed by atoms with Gasteiger partial charge in [-0.3, -0.25) is 0 Å². The van der Waals surface area contributed by atoms with Crippen molar-refractivity contribution in [1.29, 1.82) is 0 Å². The number of likely N-dealkylation sites (tertiary alicyclic amines) is 1. The fourth-order valence-electron chi connectivity index (χ4n) is 5.37. The molecule has 1 aliphatic heterocycles. The third-order valence-corrected chi connectivity index (χ3v) is 7.35. The zero-order chi connectivity index (χ0) is 26.8. The highest BCUT2D eigenvalue weighted by Crippen LogP contribution is 2.35. The minimum atomic E-state index is -1.41. The van der Waals surface area contributed by atoms with Gasteiger partial charge in [0.05, 0.1) is 19.8 Å². The zero-order valence-corrected chi connectivity index (χ0v) is 22.3. The van der Waals surface area contributed by atoms with Crippen molar-refractivity contribution in [3.8, 4) is 0 Å². The summed E-state index contributed by atoms with van der Waals surface area (Å²) in [6.07, 6.45) is -1.06. The highest BCUT2D eigenvalue weighted by molar-refractivity contribution is 6.30. The molecule has 0 aromatic heterocycles. The van der Waals surface area contributed by atoms with Crippen molar-refractivity contribution in [3.63, 3.8) is 0 Å². The van der Waals surface area contributed by atoms with Crippen molar-refractivity contribution in [3.05, 3.63) is 34.9 Å². The summed E-state index contributed by atoms with van der Waals surface area (Å²) in [6.45, 7) is 2.18. The van der Waals surface area contributed by atoms with E-state index in [1.165, 1.54) is 7.11 Å². The van der Waals surface area contributed by atoms with Crippen molar-refractivity contribution < 1.29 is 27.8 Å². The summed E-state index contributed by atoms with van der Waals surface area (Å²) < 4.78 is 38.2. The molecular weight excluding hydrogens is 506 g/mol. The molecule has 6 atom stereocenters. The molecule has 3 N–H and O–H groups in total. The van der Waals surface area contributed by atoms with Crippen molar-refractivity contribution in [1.82, 2.24) is 20.9 Å². The Morgan fingerprint density at radius 2 is 2.00 bits per heavy atom. The van der Waals surface area contributed by atoms with Crippen LogP contribution in [0.5, 0.6) is 0 Å². The van der Waals surface area contributed by atoms with E-state index in [1.807, 2.05) is 18.2 Å². The third kappa shape index (κ3) is 8.97. The van der Waals surface area contributed by atoms with Gasteiger partial charge in [-0.15, -0.1) is 0 Å². The average molecular weight is 545 g/mol. The summed E-state index contributed by atoms with van der Waals surface area (Å²) in [5.74, 6) is -0.0646. The van der Waals surface area contributed by atoms with Crippen molar-refractivity contribution >= 4 is 23.7 Å². The Morgan fingerprint density at radius 1 is 1.24 bits per heavy atom. The zero-order valence-electron chi connectivity index (χ0n) is 21.6. The Hall–Kier alpha value is -2.17. The fourth-order valence-corrected chi connectivity index (χ4v) is 5.57. The van der Waals surface area contributed by atoms with E-state index in [-0.39, 0.29) is 56.0 Å². The van der Waals surface area contributed by atoms with Crippen molar-refractivity contribution in [2.24, 2.45) is 11.8 Å². The number of hydrogen-bond donors (Lipinski definition) is 3. The molecule has 1 saturated heterocycles. The van der Waals surface area contributed by atoms with Crippen LogP contribution in [0.25, 0.3) is 0 Å². The summed E-state index contributed by atoms with van der Waals surface area (Å²) in [4.78, 5) is 26.4. The predicted octanol–water partition coefficient (Wildman–Crippen LogP) is 4.24. The van der Waals surface area contributed by atoms with Gasteiger partial charge in [-0.1, -0.05) is 23.7 Å². The second-order valence-electron chi connectivity index (χ2n) is 9.92. The first-order valence-electron chi connectivity index (χ1n) is 13.0. The molecule has 0 spiro atoms. The highest BCUT2D eigenvalue weighted by atomic mass is 35.5. The van der Waals surface area contributed by atoms with Gasteiger partial charge < -0.3 is 30.3 Å². The lowest BCUT2D eigenvalue weighted by molar-refractivity contribution is -0.00864. The number of likely N-dealkylation sites (N-methyl/N-ethyl adjacent to an activating group) is 1.